The standard InChI is InChI=1S/C9H14N4.C9H7N/c1-3-9-11-8(2)6-13(9)12-5-4-10-7-12;1-2-6-9-8(4-1)5-3-7-10-9/h6-7H,3-5H2,1-2H3;1-7H. The number of hydrogen-bond acceptors (Lipinski definition) is 4. The van der Waals surface area contributed by atoms with Crippen LogP contribution >= 0.6 is 0 Å². The molecule has 0 spiro atoms. The van der Waals surface area contributed by atoms with Crippen LogP contribution in [0.25, 0.3) is 10.9 Å². The lowest BCUT2D eigenvalue weighted by Gasteiger charge is -2.16. The SMILES string of the molecule is CCc1nc(C)cn1N1C=NCC1.c1ccc2ncccc2c1. The van der Waals surface area contributed by atoms with Gasteiger partial charge in [-0.25, -0.2) is 9.66 Å². The van der Waals surface area contributed by atoms with Crippen LogP contribution in [0.4, 0.5) is 0 Å². The first-order valence-electron chi connectivity index (χ1n) is 7.89. The first-order valence-corrected chi connectivity index (χ1v) is 7.89. The molecule has 0 radical (unpaired) electrons. The molecule has 5 heteroatoms. The van der Waals surface area contributed by atoms with Crippen molar-refractivity contribution in [2.45, 2.75) is 20.3 Å². The lowest BCUT2D eigenvalue weighted by Crippen LogP contribution is -2.32. The topological polar surface area (TPSA) is 46.3 Å². The van der Waals surface area contributed by atoms with E-state index in [-0.39, 0.29) is 0 Å². The molecule has 0 saturated carbocycles. The van der Waals surface area contributed by atoms with Gasteiger partial charge < -0.3 is 0 Å². The summed E-state index contributed by atoms with van der Waals surface area (Å²) in [6.07, 6.45) is 6.69. The van der Waals surface area contributed by atoms with Gasteiger partial charge in [-0.05, 0) is 19.1 Å². The van der Waals surface area contributed by atoms with Crippen LogP contribution < -0.4 is 5.01 Å². The molecule has 2 aromatic heterocycles. The van der Waals surface area contributed by atoms with Gasteiger partial charge in [0.1, 0.15) is 12.2 Å². The molecule has 1 aromatic carbocycles. The molecule has 0 aliphatic carbocycles. The zero-order valence-corrected chi connectivity index (χ0v) is 13.6. The van der Waals surface area contributed by atoms with Gasteiger partial charge in [0.05, 0.1) is 24.3 Å². The van der Waals surface area contributed by atoms with Crippen molar-refractivity contribution < 1.29 is 0 Å². The highest BCUT2D eigenvalue weighted by Gasteiger charge is 2.11. The molecule has 5 nitrogen and oxygen atoms in total. The van der Waals surface area contributed by atoms with Crippen molar-refractivity contribution in [1.29, 1.82) is 0 Å². The number of para-hydroxylation sites is 1. The average Bonchev–Trinajstić information content (AvgIpc) is 3.24. The fraction of sp³-hybridized carbons (Fsp3) is 0.278. The highest BCUT2D eigenvalue weighted by molar-refractivity contribution is 5.77. The number of pyridine rings is 1. The number of nitrogens with zero attached hydrogens (tertiary/aromatic N) is 5. The predicted molar refractivity (Wildman–Crippen MR) is 94.5 cm³/mol. The van der Waals surface area contributed by atoms with Crippen LogP contribution in [0.5, 0.6) is 0 Å². The molecule has 3 aromatic rings. The number of fused-ring (bicyclic) bond motifs is 1. The van der Waals surface area contributed by atoms with Crippen LogP contribution in [0.1, 0.15) is 18.4 Å². The van der Waals surface area contributed by atoms with Crippen molar-refractivity contribution in [3.63, 3.8) is 0 Å². The quantitative estimate of drug-likeness (QED) is 0.731. The molecule has 1 aliphatic rings. The summed E-state index contributed by atoms with van der Waals surface area (Å²) >= 11 is 0. The third kappa shape index (κ3) is 3.56. The number of hydrogen-bond donors (Lipinski definition) is 0. The minimum Gasteiger partial charge on any atom is -0.272 e. The number of imidazole rings is 1. The molecule has 3 heterocycles. The van der Waals surface area contributed by atoms with Crippen LogP contribution in [0.15, 0.2) is 53.8 Å². The van der Waals surface area contributed by atoms with E-state index in [0.717, 1.165) is 36.5 Å². The Kier molecular flexibility index (Phi) is 4.66. The Morgan fingerprint density at radius 2 is 1.96 bits per heavy atom. The highest BCUT2D eigenvalue weighted by Crippen LogP contribution is 2.08. The summed E-state index contributed by atoms with van der Waals surface area (Å²) in [5.41, 5.74) is 2.13. The molecule has 1 aliphatic heterocycles. The van der Waals surface area contributed by atoms with Crippen molar-refractivity contribution in [2.75, 3.05) is 18.1 Å². The van der Waals surface area contributed by atoms with Crippen LogP contribution in [0, 0.1) is 6.92 Å². The van der Waals surface area contributed by atoms with Crippen molar-refractivity contribution >= 4 is 17.2 Å². The van der Waals surface area contributed by atoms with E-state index < -0.39 is 0 Å². The van der Waals surface area contributed by atoms with Gasteiger partial charge in [0, 0.05) is 24.2 Å². The number of aliphatic imine (C=N–C) groups is 1. The van der Waals surface area contributed by atoms with E-state index >= 15 is 0 Å². The maximum Gasteiger partial charge on any atom is 0.127 e. The van der Waals surface area contributed by atoms with Gasteiger partial charge >= 0.3 is 0 Å². The van der Waals surface area contributed by atoms with E-state index in [2.05, 4.69) is 49.9 Å². The van der Waals surface area contributed by atoms with E-state index in [0.29, 0.717) is 0 Å². The summed E-state index contributed by atoms with van der Waals surface area (Å²) < 4.78 is 2.09. The van der Waals surface area contributed by atoms with Gasteiger partial charge in [-0.1, -0.05) is 31.2 Å². The Labute approximate surface area is 136 Å². The minimum absolute atomic E-state index is 0.889. The first kappa shape index (κ1) is 15.2. The Hall–Kier alpha value is -2.69. The van der Waals surface area contributed by atoms with Crippen molar-refractivity contribution in [1.82, 2.24) is 14.6 Å². The van der Waals surface area contributed by atoms with Gasteiger partial charge in [0.2, 0.25) is 0 Å². The van der Waals surface area contributed by atoms with Crippen LogP contribution in [0.2, 0.25) is 0 Å². The minimum atomic E-state index is 0.889. The Morgan fingerprint density at radius 3 is 2.70 bits per heavy atom. The number of benzene rings is 1. The third-order valence-electron chi connectivity index (χ3n) is 3.66. The summed E-state index contributed by atoms with van der Waals surface area (Å²) in [6.45, 7) is 5.98. The molecule has 4 rings (SSSR count). The lowest BCUT2D eigenvalue weighted by molar-refractivity contribution is 0.703. The van der Waals surface area contributed by atoms with Crippen molar-refractivity contribution in [2.24, 2.45) is 4.99 Å². The second-order valence-electron chi connectivity index (χ2n) is 5.38. The second kappa shape index (κ2) is 7.05. The molecule has 0 fully saturated rings. The van der Waals surface area contributed by atoms with Crippen LogP contribution in [-0.2, 0) is 6.42 Å². The van der Waals surface area contributed by atoms with Crippen molar-refractivity contribution in [3.8, 4) is 0 Å². The molecule has 0 amide bonds. The summed E-state index contributed by atoms with van der Waals surface area (Å²) in [6, 6.07) is 12.1. The summed E-state index contributed by atoms with van der Waals surface area (Å²) in [5.74, 6) is 1.10. The normalized spacial score (nSPS) is 13.2. The summed E-state index contributed by atoms with van der Waals surface area (Å²) in [4.78, 5) is 12.8. The zero-order chi connectivity index (χ0) is 16.1. The molecule has 0 N–H and O–H groups in total. The van der Waals surface area contributed by atoms with Gasteiger partial charge in [-0.3, -0.25) is 15.0 Å². The van der Waals surface area contributed by atoms with Gasteiger partial charge in [-0.15, -0.1) is 0 Å². The third-order valence-corrected chi connectivity index (χ3v) is 3.66. The second-order valence-corrected chi connectivity index (χ2v) is 5.38. The molecule has 0 saturated heterocycles. The summed E-state index contributed by atoms with van der Waals surface area (Å²) in [5, 5.41) is 3.30. The van der Waals surface area contributed by atoms with Crippen LogP contribution in [0.3, 0.4) is 0 Å². The van der Waals surface area contributed by atoms with Crippen LogP contribution in [-0.4, -0.2) is 34.1 Å². The van der Waals surface area contributed by atoms with Gasteiger partial charge in [0.15, 0.2) is 0 Å². The highest BCUT2D eigenvalue weighted by atomic mass is 15.6. The Bertz CT molecular complexity index is 741. The molecule has 0 bridgehead atoms. The summed E-state index contributed by atoms with van der Waals surface area (Å²) in [7, 11) is 0. The van der Waals surface area contributed by atoms with E-state index in [9.17, 15) is 0 Å². The maximum absolute atomic E-state index is 4.43. The fourth-order valence-electron chi connectivity index (χ4n) is 2.55. The Balaban J connectivity index is 0.000000140. The monoisotopic (exact) mass is 307 g/mol. The number of rotatable bonds is 2. The smallest absolute Gasteiger partial charge is 0.127 e. The molecule has 0 atom stereocenters. The largest absolute Gasteiger partial charge is 0.272 e. The molecule has 118 valence electrons. The average molecular weight is 307 g/mol. The predicted octanol–water partition coefficient (Wildman–Crippen LogP) is 2.97. The first-order chi connectivity index (χ1) is 11.3. The molecular weight excluding hydrogens is 286 g/mol. The molecule has 0 unspecified atom stereocenters. The number of aromatic nitrogens is 3. The lowest BCUT2D eigenvalue weighted by atomic mass is 10.2. The number of aryl methyl sites for hydroxylation is 2. The van der Waals surface area contributed by atoms with Crippen molar-refractivity contribution in [3.05, 3.63) is 60.3 Å². The van der Waals surface area contributed by atoms with E-state index in [1.165, 1.54) is 5.39 Å². The zero-order valence-electron chi connectivity index (χ0n) is 13.6. The Morgan fingerprint density at radius 1 is 1.13 bits per heavy atom. The van der Waals surface area contributed by atoms with Gasteiger partial charge in [0.25, 0.3) is 0 Å². The fourth-order valence-corrected chi connectivity index (χ4v) is 2.55. The van der Waals surface area contributed by atoms with E-state index in [1.54, 1.807) is 0 Å². The van der Waals surface area contributed by atoms with E-state index in [1.807, 2.05) is 43.7 Å². The molecule has 23 heavy (non-hydrogen) atoms. The van der Waals surface area contributed by atoms with E-state index in [4.69, 9.17) is 0 Å². The van der Waals surface area contributed by atoms with Gasteiger partial charge in [-0.2, -0.15) is 0 Å². The molecular formula is C18H21N5. The maximum atomic E-state index is 4.43.